The molecule has 0 radical (unpaired) electrons. The lowest BCUT2D eigenvalue weighted by Gasteiger charge is -2.10. The van der Waals surface area contributed by atoms with Gasteiger partial charge in [0.25, 0.3) is 8.18 Å². The highest BCUT2D eigenvalue weighted by Crippen LogP contribution is 2.30. The summed E-state index contributed by atoms with van der Waals surface area (Å²) in [6.07, 6.45) is -0.540. The Kier molecular flexibility index (Phi) is 2.91. The van der Waals surface area contributed by atoms with E-state index in [1.165, 1.54) is 0 Å². The van der Waals surface area contributed by atoms with Crippen LogP contribution in [0.3, 0.4) is 0 Å². The first kappa shape index (κ1) is 8.56. The van der Waals surface area contributed by atoms with Gasteiger partial charge >= 0.3 is 6.09 Å². The highest BCUT2D eigenvalue weighted by atomic mass is 31.1. The maximum Gasteiger partial charge on any atom is 0.416 e. The van der Waals surface area contributed by atoms with Crippen LogP contribution in [-0.2, 0) is 13.8 Å². The van der Waals surface area contributed by atoms with Gasteiger partial charge in [-0.2, -0.15) is 0 Å². The molecule has 0 saturated carbocycles. The number of hydrogen-bond donors (Lipinski definition) is 0. The summed E-state index contributed by atoms with van der Waals surface area (Å²) < 4.78 is 21.5. The Balaban J connectivity index is 2.46. The smallest absolute Gasteiger partial charge is 0.416 e. The van der Waals surface area contributed by atoms with E-state index >= 15 is 0 Å². The maximum absolute atomic E-state index is 11.0. The Morgan fingerprint density at radius 1 is 1.82 bits per heavy atom. The molecule has 64 valence electrons. The number of carbonyl (C=O) groups excluding carboxylic acids is 1. The average molecular weight is 179 g/mol. The van der Waals surface area contributed by atoms with Gasteiger partial charge in [-0.25, -0.2) is 9.46 Å². The first-order valence-electron chi connectivity index (χ1n) is 3.36. The van der Waals surface area contributed by atoms with Gasteiger partial charge in [-0.05, 0) is 6.92 Å². The fourth-order valence-corrected chi connectivity index (χ4v) is 1.65. The lowest BCUT2D eigenvalue weighted by molar-refractivity contribution is 0.167. The molecule has 1 fully saturated rings. The highest BCUT2D eigenvalue weighted by Gasteiger charge is 2.26. The zero-order valence-electron chi connectivity index (χ0n) is 6.20. The van der Waals surface area contributed by atoms with Crippen LogP contribution in [0.25, 0.3) is 0 Å². The van der Waals surface area contributed by atoms with Crippen molar-refractivity contribution in [2.45, 2.75) is 6.92 Å². The van der Waals surface area contributed by atoms with Crippen molar-refractivity contribution in [2.24, 2.45) is 0 Å². The lowest BCUT2D eigenvalue weighted by atomic mass is 10.7. The molecule has 1 rings (SSSR count). The molecule has 1 unspecified atom stereocenters. The third kappa shape index (κ3) is 1.94. The molecular formula is C5H10NO4P. The van der Waals surface area contributed by atoms with Crippen molar-refractivity contribution in [3.8, 4) is 0 Å². The van der Waals surface area contributed by atoms with Crippen molar-refractivity contribution < 1.29 is 18.6 Å². The van der Waals surface area contributed by atoms with Crippen LogP contribution in [0.4, 0.5) is 4.79 Å². The molecule has 0 aromatic heterocycles. The Morgan fingerprint density at radius 3 is 3.00 bits per heavy atom. The van der Waals surface area contributed by atoms with Gasteiger partial charge in [-0.15, -0.1) is 0 Å². The summed E-state index contributed by atoms with van der Waals surface area (Å²) in [5.74, 6) is 0. The molecular weight excluding hydrogens is 169 g/mol. The van der Waals surface area contributed by atoms with Crippen LogP contribution in [0.1, 0.15) is 6.92 Å². The number of amides is 1. The highest BCUT2D eigenvalue weighted by molar-refractivity contribution is 7.37. The molecule has 1 atom stereocenters. The third-order valence-electron chi connectivity index (χ3n) is 1.25. The zero-order valence-corrected chi connectivity index (χ0v) is 7.20. The summed E-state index contributed by atoms with van der Waals surface area (Å²) in [7, 11) is -2.36. The van der Waals surface area contributed by atoms with Crippen molar-refractivity contribution in [2.75, 3.05) is 19.8 Å². The van der Waals surface area contributed by atoms with E-state index < -0.39 is 14.3 Å². The standard InChI is InChI=1S/C5H10NO4P/c1-2-10-11(8)6-3-4-9-5(6)7/h11H,2-4H2,1H3. The van der Waals surface area contributed by atoms with Crippen LogP contribution in [-0.4, -0.2) is 30.5 Å². The molecule has 0 spiro atoms. The Hall–Kier alpha value is -0.540. The van der Waals surface area contributed by atoms with Gasteiger partial charge in [0.2, 0.25) is 0 Å². The Bertz CT molecular complexity index is 183. The molecule has 1 aliphatic rings. The van der Waals surface area contributed by atoms with Crippen molar-refractivity contribution in [1.29, 1.82) is 0 Å². The molecule has 0 aromatic rings. The van der Waals surface area contributed by atoms with E-state index in [0.29, 0.717) is 19.8 Å². The number of ether oxygens (including phenoxy) is 1. The van der Waals surface area contributed by atoms with Crippen molar-refractivity contribution in [3.05, 3.63) is 0 Å². The topological polar surface area (TPSA) is 55.8 Å². The van der Waals surface area contributed by atoms with Crippen molar-refractivity contribution in [3.63, 3.8) is 0 Å². The molecule has 6 heteroatoms. The molecule has 1 saturated heterocycles. The number of carbonyl (C=O) groups is 1. The summed E-state index contributed by atoms with van der Waals surface area (Å²) in [6, 6.07) is 0. The molecule has 1 heterocycles. The summed E-state index contributed by atoms with van der Waals surface area (Å²) in [6.45, 7) is 2.75. The van der Waals surface area contributed by atoms with Crippen LogP contribution >= 0.6 is 8.18 Å². The van der Waals surface area contributed by atoms with Crippen LogP contribution in [0.5, 0.6) is 0 Å². The second-order valence-corrected chi connectivity index (χ2v) is 3.33. The molecule has 11 heavy (non-hydrogen) atoms. The van der Waals surface area contributed by atoms with Crippen molar-refractivity contribution in [1.82, 2.24) is 4.67 Å². The number of nitrogens with zero attached hydrogens (tertiary/aromatic N) is 1. The SMILES string of the molecule is CCO[PH](=O)N1CCOC1=O. The average Bonchev–Trinajstić information content (AvgIpc) is 2.36. The normalized spacial score (nSPS) is 20.1. The Labute approximate surface area is 65.2 Å². The van der Waals surface area contributed by atoms with E-state index in [0.717, 1.165) is 4.67 Å². The van der Waals surface area contributed by atoms with Crippen molar-refractivity contribution >= 4 is 14.3 Å². The minimum atomic E-state index is -2.36. The predicted octanol–water partition coefficient (Wildman–Crippen LogP) is 0.865. The fraction of sp³-hybridized carbons (Fsp3) is 0.800. The lowest BCUT2D eigenvalue weighted by Crippen LogP contribution is -2.16. The zero-order chi connectivity index (χ0) is 8.27. The molecule has 1 aliphatic heterocycles. The first-order valence-corrected chi connectivity index (χ1v) is 4.63. The summed E-state index contributed by atoms with van der Waals surface area (Å²) >= 11 is 0. The van der Waals surface area contributed by atoms with E-state index in [9.17, 15) is 9.36 Å². The second kappa shape index (κ2) is 3.74. The maximum atomic E-state index is 11.0. The first-order chi connectivity index (χ1) is 5.25. The summed E-state index contributed by atoms with van der Waals surface area (Å²) in [4.78, 5) is 10.7. The number of rotatable bonds is 3. The number of cyclic esters (lactones) is 1. The van der Waals surface area contributed by atoms with Crippen LogP contribution in [0.2, 0.25) is 0 Å². The van der Waals surface area contributed by atoms with Gasteiger partial charge < -0.3 is 9.26 Å². The van der Waals surface area contributed by atoms with Crippen LogP contribution in [0, 0.1) is 0 Å². The minimum Gasteiger partial charge on any atom is -0.447 e. The second-order valence-electron chi connectivity index (χ2n) is 1.96. The summed E-state index contributed by atoms with van der Waals surface area (Å²) in [5, 5.41) is 0. The third-order valence-corrected chi connectivity index (χ3v) is 2.63. The largest absolute Gasteiger partial charge is 0.447 e. The van der Waals surface area contributed by atoms with E-state index in [4.69, 9.17) is 4.52 Å². The van der Waals surface area contributed by atoms with Crippen LogP contribution < -0.4 is 0 Å². The summed E-state index contributed by atoms with van der Waals surface area (Å²) in [5.41, 5.74) is 0. The van der Waals surface area contributed by atoms with Gasteiger partial charge in [0.05, 0.1) is 13.2 Å². The quantitative estimate of drug-likeness (QED) is 0.603. The van der Waals surface area contributed by atoms with E-state index in [1.54, 1.807) is 6.92 Å². The van der Waals surface area contributed by atoms with Gasteiger partial charge in [0.15, 0.2) is 0 Å². The van der Waals surface area contributed by atoms with Gasteiger partial charge in [-0.1, -0.05) is 0 Å². The monoisotopic (exact) mass is 179 g/mol. The van der Waals surface area contributed by atoms with Gasteiger partial charge in [-0.3, -0.25) is 4.57 Å². The van der Waals surface area contributed by atoms with Gasteiger partial charge in [0, 0.05) is 0 Å². The fourth-order valence-electron chi connectivity index (χ4n) is 0.761. The molecule has 1 amide bonds. The van der Waals surface area contributed by atoms with Gasteiger partial charge in [0.1, 0.15) is 6.61 Å². The molecule has 0 bridgehead atoms. The predicted molar refractivity (Wildman–Crippen MR) is 38.7 cm³/mol. The van der Waals surface area contributed by atoms with E-state index in [1.807, 2.05) is 0 Å². The van der Waals surface area contributed by atoms with E-state index in [2.05, 4.69) is 4.74 Å². The molecule has 0 aliphatic carbocycles. The molecule has 5 nitrogen and oxygen atoms in total. The number of hydrogen-bond acceptors (Lipinski definition) is 4. The molecule has 0 aromatic carbocycles. The minimum absolute atomic E-state index is 0.308. The molecule has 0 N–H and O–H groups in total. The van der Waals surface area contributed by atoms with E-state index in [-0.39, 0.29) is 0 Å². The van der Waals surface area contributed by atoms with Crippen LogP contribution in [0.15, 0.2) is 0 Å². The Morgan fingerprint density at radius 2 is 2.55 bits per heavy atom.